The number of hydrogen-bond acceptors (Lipinski definition) is 1. The number of benzene rings is 2. The van der Waals surface area contributed by atoms with Gasteiger partial charge in [0.1, 0.15) is 0 Å². The molecule has 2 rings (SSSR count). The van der Waals surface area contributed by atoms with Gasteiger partial charge in [0.2, 0.25) is 0 Å². The van der Waals surface area contributed by atoms with E-state index in [-0.39, 0.29) is 6.04 Å². The van der Waals surface area contributed by atoms with Crippen molar-refractivity contribution >= 4 is 47.8 Å². The summed E-state index contributed by atoms with van der Waals surface area (Å²) in [4.78, 5) is 0. The predicted octanol–water partition coefficient (Wildman–Crippen LogP) is 5.28. The summed E-state index contributed by atoms with van der Waals surface area (Å²) in [6.45, 7) is 0. The van der Waals surface area contributed by atoms with Crippen LogP contribution in [0.3, 0.4) is 0 Å². The van der Waals surface area contributed by atoms with Crippen LogP contribution in [-0.4, -0.2) is 7.05 Å². The van der Waals surface area contributed by atoms with E-state index in [0.717, 1.165) is 13.4 Å². The zero-order chi connectivity index (χ0) is 13.1. The molecule has 94 valence electrons. The summed E-state index contributed by atoms with van der Waals surface area (Å²) in [7, 11) is 1.97. The van der Waals surface area contributed by atoms with E-state index in [1.807, 2.05) is 19.2 Å². The molecule has 2 aromatic rings. The fourth-order valence-corrected chi connectivity index (χ4v) is 3.19. The highest BCUT2D eigenvalue weighted by Gasteiger charge is 2.15. The van der Waals surface area contributed by atoms with Crippen LogP contribution in [0.25, 0.3) is 0 Å². The third-order valence-corrected chi connectivity index (χ3v) is 4.45. The maximum atomic E-state index is 3.62. The average molecular weight is 434 g/mol. The minimum Gasteiger partial charge on any atom is -0.309 e. The highest BCUT2D eigenvalue weighted by Crippen LogP contribution is 2.31. The summed E-state index contributed by atoms with van der Waals surface area (Å²) in [6, 6.07) is 14.7. The van der Waals surface area contributed by atoms with Crippen LogP contribution >= 0.6 is 47.8 Å². The molecule has 0 heterocycles. The Bertz CT molecular complexity index is 554. The van der Waals surface area contributed by atoms with Gasteiger partial charge in [-0.25, -0.2) is 0 Å². The summed E-state index contributed by atoms with van der Waals surface area (Å²) < 4.78 is 3.27. The van der Waals surface area contributed by atoms with Crippen molar-refractivity contribution in [3.63, 3.8) is 0 Å². The summed E-state index contributed by atoms with van der Waals surface area (Å²) in [5.74, 6) is 0. The third kappa shape index (κ3) is 3.23. The Kier molecular flexibility index (Phi) is 5.01. The average Bonchev–Trinajstić information content (AvgIpc) is 2.35. The van der Waals surface area contributed by atoms with Gasteiger partial charge in [-0.15, -0.1) is 0 Å². The molecule has 4 heteroatoms. The first-order valence-corrected chi connectivity index (χ1v) is 7.87. The van der Waals surface area contributed by atoms with E-state index < -0.39 is 0 Å². The van der Waals surface area contributed by atoms with Crippen molar-refractivity contribution in [2.75, 3.05) is 7.05 Å². The normalized spacial score (nSPS) is 12.4. The summed E-state index contributed by atoms with van der Waals surface area (Å²) in [5.41, 5.74) is 2.44. The van der Waals surface area contributed by atoms with Gasteiger partial charge >= 0.3 is 0 Å². The lowest BCUT2D eigenvalue weighted by atomic mass is 9.99. The summed E-state index contributed by atoms with van der Waals surface area (Å²) >= 11 is 10.7. The van der Waals surface area contributed by atoms with Crippen LogP contribution < -0.4 is 5.32 Å². The van der Waals surface area contributed by atoms with Gasteiger partial charge in [-0.3, -0.25) is 0 Å². The molecule has 0 aromatic heterocycles. The van der Waals surface area contributed by atoms with Crippen LogP contribution in [0.2, 0.25) is 0 Å². The Hall–Kier alpha value is -0.160. The number of hydrogen-bond donors (Lipinski definition) is 1. The number of nitrogens with one attached hydrogen (secondary N) is 1. The van der Waals surface area contributed by atoms with Gasteiger partial charge < -0.3 is 5.32 Å². The topological polar surface area (TPSA) is 12.0 Å². The van der Waals surface area contributed by atoms with Crippen molar-refractivity contribution < 1.29 is 0 Å². The van der Waals surface area contributed by atoms with Crippen molar-refractivity contribution in [1.82, 2.24) is 5.32 Å². The Labute approximate surface area is 132 Å². The molecule has 1 nitrogen and oxygen atoms in total. The molecule has 0 bridgehead atoms. The van der Waals surface area contributed by atoms with E-state index in [1.54, 1.807) is 0 Å². The lowest BCUT2D eigenvalue weighted by molar-refractivity contribution is 0.688. The van der Waals surface area contributed by atoms with Crippen LogP contribution in [-0.2, 0) is 0 Å². The van der Waals surface area contributed by atoms with Crippen molar-refractivity contribution in [3.8, 4) is 0 Å². The Morgan fingerprint density at radius 3 is 2.33 bits per heavy atom. The van der Waals surface area contributed by atoms with Gasteiger partial charge in [0.05, 0.1) is 6.04 Å². The Morgan fingerprint density at radius 1 is 0.944 bits per heavy atom. The molecule has 0 radical (unpaired) electrons. The third-order valence-electron chi connectivity index (χ3n) is 2.74. The molecule has 1 N–H and O–H groups in total. The van der Waals surface area contributed by atoms with E-state index in [1.165, 1.54) is 11.1 Å². The van der Waals surface area contributed by atoms with Crippen molar-refractivity contribution in [2.24, 2.45) is 0 Å². The lowest BCUT2D eigenvalue weighted by Crippen LogP contribution is -2.18. The van der Waals surface area contributed by atoms with E-state index in [4.69, 9.17) is 0 Å². The van der Waals surface area contributed by atoms with Gasteiger partial charge in [-0.05, 0) is 48.5 Å². The first-order valence-electron chi connectivity index (χ1n) is 5.49. The van der Waals surface area contributed by atoms with Crippen LogP contribution in [0.1, 0.15) is 17.2 Å². The molecule has 0 aliphatic heterocycles. The molecule has 0 fully saturated rings. The summed E-state index contributed by atoms with van der Waals surface area (Å²) in [6.07, 6.45) is 0. The Balaban J connectivity index is 2.48. The lowest BCUT2D eigenvalue weighted by Gasteiger charge is -2.19. The van der Waals surface area contributed by atoms with Crippen molar-refractivity contribution in [3.05, 3.63) is 67.0 Å². The molecule has 1 unspecified atom stereocenters. The monoisotopic (exact) mass is 431 g/mol. The van der Waals surface area contributed by atoms with Crippen LogP contribution in [0.5, 0.6) is 0 Å². The molecule has 18 heavy (non-hydrogen) atoms. The highest BCUT2D eigenvalue weighted by molar-refractivity contribution is 9.11. The first-order chi connectivity index (χ1) is 8.61. The molecule has 2 aromatic carbocycles. The molecule has 0 aliphatic rings. The van der Waals surface area contributed by atoms with Gasteiger partial charge in [-0.2, -0.15) is 0 Å². The molecule has 0 saturated carbocycles. The summed E-state index contributed by atoms with van der Waals surface area (Å²) in [5, 5.41) is 3.36. The molecule has 0 saturated heterocycles. The largest absolute Gasteiger partial charge is 0.309 e. The minimum atomic E-state index is 0.161. The quantitative estimate of drug-likeness (QED) is 0.694. The maximum Gasteiger partial charge on any atom is 0.0586 e. The molecule has 0 aliphatic carbocycles. The minimum absolute atomic E-state index is 0.161. The van der Waals surface area contributed by atoms with Gasteiger partial charge in [-0.1, -0.05) is 59.9 Å². The van der Waals surface area contributed by atoms with E-state index >= 15 is 0 Å². The van der Waals surface area contributed by atoms with Crippen LogP contribution in [0.15, 0.2) is 55.9 Å². The molecular weight excluding hydrogens is 422 g/mol. The number of rotatable bonds is 3. The van der Waals surface area contributed by atoms with Gasteiger partial charge in [0.25, 0.3) is 0 Å². The second kappa shape index (κ2) is 6.33. The van der Waals surface area contributed by atoms with Crippen molar-refractivity contribution in [2.45, 2.75) is 6.04 Å². The predicted molar refractivity (Wildman–Crippen MR) is 86.9 cm³/mol. The molecular formula is C14H12Br3N. The van der Waals surface area contributed by atoms with Crippen LogP contribution in [0.4, 0.5) is 0 Å². The van der Waals surface area contributed by atoms with E-state index in [0.29, 0.717) is 0 Å². The molecule has 0 amide bonds. The molecule has 0 spiro atoms. The Morgan fingerprint density at radius 2 is 1.67 bits per heavy atom. The van der Waals surface area contributed by atoms with Crippen LogP contribution in [0, 0.1) is 0 Å². The zero-order valence-corrected chi connectivity index (χ0v) is 14.5. The smallest absolute Gasteiger partial charge is 0.0586 e. The van der Waals surface area contributed by atoms with Gasteiger partial charge in [0.15, 0.2) is 0 Å². The fraction of sp³-hybridized carbons (Fsp3) is 0.143. The maximum absolute atomic E-state index is 3.62. The highest BCUT2D eigenvalue weighted by atomic mass is 79.9. The first kappa shape index (κ1) is 14.3. The fourth-order valence-electron chi connectivity index (χ4n) is 1.92. The van der Waals surface area contributed by atoms with Gasteiger partial charge in [0, 0.05) is 13.4 Å². The second-order valence-corrected chi connectivity index (χ2v) is 6.63. The number of halogens is 3. The zero-order valence-electron chi connectivity index (χ0n) is 9.75. The van der Waals surface area contributed by atoms with Crippen molar-refractivity contribution in [1.29, 1.82) is 0 Å². The SMILES string of the molecule is CNC(c1cccc(Br)c1)c1cc(Br)ccc1Br. The second-order valence-electron chi connectivity index (χ2n) is 3.94. The standard InChI is InChI=1S/C14H12Br3N/c1-18-14(9-3-2-4-10(15)7-9)12-8-11(16)5-6-13(12)17/h2-8,14,18H,1H3. The van der Waals surface area contributed by atoms with E-state index in [2.05, 4.69) is 83.4 Å². The van der Waals surface area contributed by atoms with E-state index in [9.17, 15) is 0 Å². The molecule has 1 atom stereocenters.